The molecule has 0 spiro atoms. The van der Waals surface area contributed by atoms with Gasteiger partial charge in [-0.15, -0.1) is 0 Å². The van der Waals surface area contributed by atoms with Gasteiger partial charge < -0.3 is 4.42 Å². The minimum Gasteiger partial charge on any atom is -0.456 e. The average Bonchev–Trinajstić information content (AvgIpc) is 4.08. The molecule has 324 valence electrons. The zero-order valence-electron chi connectivity index (χ0n) is 37.4. The number of imidazole rings is 1. The van der Waals surface area contributed by atoms with Crippen LogP contribution in [-0.4, -0.2) is 30.5 Å². The molecule has 0 aliphatic carbocycles. The fourth-order valence-corrected chi connectivity index (χ4v) is 21.9. The number of benzene rings is 9. The van der Waals surface area contributed by atoms with Crippen molar-refractivity contribution in [3.8, 4) is 0 Å². The van der Waals surface area contributed by atoms with Crippen LogP contribution in [-0.2, 0) is 0 Å². The number of pyridine rings is 2. The van der Waals surface area contributed by atoms with Gasteiger partial charge in [0, 0.05) is 51.0 Å². The van der Waals surface area contributed by atoms with Gasteiger partial charge in [0.1, 0.15) is 22.6 Å². The van der Waals surface area contributed by atoms with E-state index < -0.39 is 16.1 Å². The molecule has 0 saturated carbocycles. The van der Waals surface area contributed by atoms with Gasteiger partial charge in [-0.3, -0.25) is 9.30 Å². The van der Waals surface area contributed by atoms with Crippen LogP contribution in [0.4, 0.5) is 17.2 Å². The molecule has 7 heteroatoms. The Morgan fingerprint density at radius 2 is 1.03 bits per heavy atom. The van der Waals surface area contributed by atoms with Crippen molar-refractivity contribution in [3.05, 3.63) is 255 Å². The molecule has 0 saturated heterocycles. The molecule has 9 aromatic carbocycles. The summed E-state index contributed by atoms with van der Waals surface area (Å²) < 4.78 is 9.42. The summed E-state index contributed by atoms with van der Waals surface area (Å²) in [5, 5.41) is 16.0. The van der Waals surface area contributed by atoms with Crippen molar-refractivity contribution in [3.63, 3.8) is 0 Å². The van der Waals surface area contributed by atoms with Gasteiger partial charge in [0.25, 0.3) is 0 Å². The Morgan fingerprint density at radius 1 is 0.420 bits per heavy atom. The lowest BCUT2D eigenvalue weighted by atomic mass is 10.1. The van der Waals surface area contributed by atoms with Gasteiger partial charge >= 0.3 is 0 Å². The summed E-state index contributed by atoms with van der Waals surface area (Å²) in [4.78, 5) is 12.6. The van der Waals surface area contributed by atoms with E-state index in [2.05, 4.69) is 246 Å². The van der Waals surface area contributed by atoms with Gasteiger partial charge in [-0.25, -0.2) is 9.97 Å². The number of hydrogen-bond donors (Lipinski definition) is 0. The van der Waals surface area contributed by atoms with Gasteiger partial charge in [-0.1, -0.05) is 194 Å². The van der Waals surface area contributed by atoms with Crippen LogP contribution in [0.3, 0.4) is 0 Å². The molecule has 0 N–H and O–H groups in total. The van der Waals surface area contributed by atoms with Gasteiger partial charge in [0.05, 0.1) is 11.2 Å². The van der Waals surface area contributed by atoms with Gasteiger partial charge in [0.15, 0.2) is 16.1 Å². The molecular formula is C62H42N4OSi2. The highest BCUT2D eigenvalue weighted by Crippen LogP contribution is 2.41. The molecule has 0 fully saturated rings. The molecule has 14 rings (SSSR count). The normalized spacial score (nSPS) is 13.3. The molecule has 5 heterocycles. The van der Waals surface area contributed by atoms with Crippen LogP contribution in [0.2, 0.25) is 0 Å². The highest BCUT2D eigenvalue weighted by molar-refractivity contribution is 7.23. The van der Waals surface area contributed by atoms with E-state index in [1.165, 1.54) is 52.3 Å². The zero-order chi connectivity index (χ0) is 45.5. The fraction of sp³-hybridized carbons (Fsp3) is 0. The van der Waals surface area contributed by atoms with E-state index >= 15 is 0 Å². The van der Waals surface area contributed by atoms with Crippen molar-refractivity contribution in [1.29, 1.82) is 0 Å². The lowest BCUT2D eigenvalue weighted by Gasteiger charge is -2.45. The van der Waals surface area contributed by atoms with E-state index in [9.17, 15) is 0 Å². The lowest BCUT2D eigenvalue weighted by molar-refractivity contribution is 0.671. The van der Waals surface area contributed by atoms with Crippen LogP contribution in [0.1, 0.15) is 0 Å². The number of aromatic nitrogens is 3. The maximum Gasteiger partial charge on any atom is 0.188 e. The molecule has 5 nitrogen and oxygen atoms in total. The number of rotatable bonds is 7. The maximum absolute atomic E-state index is 7.17. The molecule has 1 aliphatic heterocycles. The second-order valence-electron chi connectivity index (χ2n) is 18.1. The van der Waals surface area contributed by atoms with Gasteiger partial charge in [0.2, 0.25) is 0 Å². The van der Waals surface area contributed by atoms with E-state index in [1.54, 1.807) is 0 Å². The number of furan rings is 1. The molecule has 0 unspecified atom stereocenters. The van der Waals surface area contributed by atoms with Crippen molar-refractivity contribution >= 4 is 124 Å². The molecule has 1 aliphatic rings. The largest absolute Gasteiger partial charge is 0.456 e. The standard InChI is InChI=1S/C62H42N4OSi2/c1-5-19-43(20-6-1)68(44-21-7-2-8-22-44,47-32-34-49-50-27-13-15-29-54(50)65-40-39-64-62(65)53(49)41-47)48-33-37-58-56(42-48)66(59-31-17-18-38-63-59)55-36-35-52-51-28-14-16-30-57(51)67-60(52)61(55)69(58,45-23-9-3-10-24-45)46-25-11-4-12-26-46/h1-42H. The Hall–Kier alpha value is -8.63. The molecule has 0 atom stereocenters. The number of hydrogen-bond acceptors (Lipinski definition) is 4. The average molecular weight is 915 g/mol. The van der Waals surface area contributed by atoms with E-state index in [4.69, 9.17) is 14.4 Å². The number of nitrogens with zero attached hydrogens (tertiary/aromatic N) is 4. The molecule has 0 radical (unpaired) electrons. The molecule has 0 amide bonds. The van der Waals surface area contributed by atoms with Crippen molar-refractivity contribution in [2.75, 3.05) is 4.90 Å². The number of para-hydroxylation sites is 2. The van der Waals surface area contributed by atoms with Crippen LogP contribution >= 0.6 is 0 Å². The van der Waals surface area contributed by atoms with Crippen LogP contribution in [0, 0.1) is 0 Å². The first-order valence-corrected chi connectivity index (χ1v) is 27.6. The third-order valence-electron chi connectivity index (χ3n) is 14.7. The predicted octanol–water partition coefficient (Wildman–Crippen LogP) is 9.47. The molecule has 13 aromatic rings. The summed E-state index contributed by atoms with van der Waals surface area (Å²) in [7, 11) is -6.43. The van der Waals surface area contributed by atoms with Crippen molar-refractivity contribution in [2.24, 2.45) is 0 Å². The smallest absolute Gasteiger partial charge is 0.188 e. The van der Waals surface area contributed by atoms with Crippen LogP contribution < -0.4 is 46.4 Å². The van der Waals surface area contributed by atoms with E-state index in [0.29, 0.717) is 0 Å². The third-order valence-corrected chi connectivity index (χ3v) is 24.3. The van der Waals surface area contributed by atoms with Crippen LogP contribution in [0.15, 0.2) is 260 Å². The summed E-state index contributed by atoms with van der Waals surface area (Å²) >= 11 is 0. The van der Waals surface area contributed by atoms with Crippen molar-refractivity contribution in [1.82, 2.24) is 14.4 Å². The highest BCUT2D eigenvalue weighted by atomic mass is 28.3. The number of anilines is 3. The first-order chi connectivity index (χ1) is 34.2. The first kappa shape index (κ1) is 39.5. The van der Waals surface area contributed by atoms with Crippen molar-refractivity contribution < 1.29 is 4.42 Å². The van der Waals surface area contributed by atoms with E-state index in [1.807, 2.05) is 18.5 Å². The molecule has 4 aromatic heterocycles. The maximum atomic E-state index is 7.17. The Morgan fingerprint density at radius 3 is 1.74 bits per heavy atom. The van der Waals surface area contributed by atoms with Gasteiger partial charge in [-0.2, -0.15) is 0 Å². The summed E-state index contributed by atoms with van der Waals surface area (Å²) in [6, 6.07) is 87.7. The minimum absolute atomic E-state index is 0.849. The summed E-state index contributed by atoms with van der Waals surface area (Å²) in [6.45, 7) is 0. The second-order valence-corrected chi connectivity index (χ2v) is 25.6. The monoisotopic (exact) mass is 914 g/mol. The first-order valence-electron chi connectivity index (χ1n) is 23.6. The SMILES string of the molecule is c1ccc([Si](c2ccccc2)(c2ccc3c(c2)N(c2ccccn2)c2ccc4c(oc5ccccc54)c2[Si]3(c2ccccc2)c2ccccc2)c2ccc3c4ccccc4n4ccnc4c3c2)cc1. The quantitative estimate of drug-likeness (QED) is 0.0909. The van der Waals surface area contributed by atoms with Crippen LogP contribution in [0.25, 0.3) is 49.3 Å². The fourth-order valence-electron chi connectivity index (χ4n) is 11.9. The number of fused-ring (bicyclic) bond motifs is 12. The summed E-state index contributed by atoms with van der Waals surface area (Å²) in [5.74, 6) is 0.849. The third kappa shape index (κ3) is 5.63. The summed E-state index contributed by atoms with van der Waals surface area (Å²) in [5.41, 5.74) is 6.11. The lowest BCUT2D eigenvalue weighted by Crippen LogP contribution is -2.78. The Balaban J connectivity index is 1.15. The Labute approximate surface area is 400 Å². The summed E-state index contributed by atoms with van der Waals surface area (Å²) in [6.07, 6.45) is 5.92. The molecule has 0 bridgehead atoms. The van der Waals surface area contributed by atoms with Gasteiger partial charge in [-0.05, 0) is 84.2 Å². The zero-order valence-corrected chi connectivity index (χ0v) is 39.4. The minimum atomic E-state index is -3.24. The highest BCUT2D eigenvalue weighted by Gasteiger charge is 2.52. The second kappa shape index (κ2) is 15.5. The topological polar surface area (TPSA) is 46.6 Å². The molecule has 69 heavy (non-hydrogen) atoms. The van der Waals surface area contributed by atoms with Crippen LogP contribution in [0.5, 0.6) is 0 Å². The Kier molecular flexibility index (Phi) is 8.86. The van der Waals surface area contributed by atoms with E-state index in [-0.39, 0.29) is 0 Å². The molecular weight excluding hydrogens is 873 g/mol. The predicted molar refractivity (Wildman–Crippen MR) is 291 cm³/mol. The van der Waals surface area contributed by atoms with E-state index in [0.717, 1.165) is 55.7 Å². The Bertz CT molecular complexity index is 4010. The van der Waals surface area contributed by atoms with Crippen molar-refractivity contribution in [2.45, 2.75) is 0 Å².